The minimum absolute atomic E-state index is 0.195. The number of pyridine rings is 1. The molecule has 0 unspecified atom stereocenters. The van der Waals surface area contributed by atoms with E-state index in [4.69, 9.17) is 16.3 Å². The summed E-state index contributed by atoms with van der Waals surface area (Å²) in [5.41, 5.74) is 3.11. The molecule has 7 nitrogen and oxygen atoms in total. The number of aryl methyl sites for hydroxylation is 1. The molecule has 2 aromatic carbocycles. The summed E-state index contributed by atoms with van der Waals surface area (Å²) in [7, 11) is 1.87. The second-order valence-corrected chi connectivity index (χ2v) is 7.56. The molecule has 3 aromatic heterocycles. The van der Waals surface area contributed by atoms with Gasteiger partial charge in [0.15, 0.2) is 0 Å². The van der Waals surface area contributed by atoms with E-state index in [0.29, 0.717) is 22.7 Å². The van der Waals surface area contributed by atoms with E-state index in [0.717, 1.165) is 27.5 Å². The number of fused-ring (bicyclic) bond motifs is 2. The molecular formula is C23H18ClN5O2. The van der Waals surface area contributed by atoms with Gasteiger partial charge in [0.05, 0.1) is 23.2 Å². The number of aromatic nitrogens is 5. The standard InChI is InChI=1S/C23H18ClN5O2/c1-3-31-23-25-11-16-13-29(18-8-9-19-15(10-18)12-28(2)27-19)22(30)20(21(16)26-23)14-4-6-17(24)7-5-14/h4-13H,3H2,1-2H3. The van der Waals surface area contributed by atoms with Gasteiger partial charge in [-0.25, -0.2) is 4.98 Å². The number of hydrogen-bond donors (Lipinski definition) is 0. The molecule has 8 heteroatoms. The summed E-state index contributed by atoms with van der Waals surface area (Å²) in [6.07, 6.45) is 5.35. The largest absolute Gasteiger partial charge is 0.464 e. The third-order valence-corrected chi connectivity index (χ3v) is 5.27. The van der Waals surface area contributed by atoms with Crippen LogP contribution in [0, 0.1) is 0 Å². The number of nitrogens with zero attached hydrogens (tertiary/aromatic N) is 5. The first kappa shape index (κ1) is 19.3. The van der Waals surface area contributed by atoms with E-state index in [1.807, 2.05) is 50.5 Å². The van der Waals surface area contributed by atoms with Gasteiger partial charge in [0.1, 0.15) is 0 Å². The highest BCUT2D eigenvalue weighted by Crippen LogP contribution is 2.27. The number of ether oxygens (including phenoxy) is 1. The predicted molar refractivity (Wildman–Crippen MR) is 121 cm³/mol. The maximum Gasteiger partial charge on any atom is 0.316 e. The zero-order valence-corrected chi connectivity index (χ0v) is 17.7. The summed E-state index contributed by atoms with van der Waals surface area (Å²) in [4.78, 5) is 22.5. The van der Waals surface area contributed by atoms with Crippen molar-refractivity contribution in [3.63, 3.8) is 0 Å². The van der Waals surface area contributed by atoms with Crippen molar-refractivity contribution in [1.29, 1.82) is 0 Å². The van der Waals surface area contributed by atoms with Gasteiger partial charge in [-0.1, -0.05) is 23.7 Å². The van der Waals surface area contributed by atoms with Crippen molar-refractivity contribution >= 4 is 33.4 Å². The van der Waals surface area contributed by atoms with Crippen LogP contribution in [0.5, 0.6) is 6.01 Å². The minimum atomic E-state index is -0.195. The van der Waals surface area contributed by atoms with Gasteiger partial charge in [0.25, 0.3) is 5.56 Å². The molecule has 0 aliphatic rings. The quantitative estimate of drug-likeness (QED) is 0.422. The summed E-state index contributed by atoms with van der Waals surface area (Å²) in [5, 5.41) is 6.67. The van der Waals surface area contributed by atoms with Gasteiger partial charge in [-0.3, -0.25) is 14.0 Å². The summed E-state index contributed by atoms with van der Waals surface area (Å²) < 4.78 is 8.83. The Bertz CT molecular complexity index is 1490. The highest BCUT2D eigenvalue weighted by Gasteiger charge is 2.17. The van der Waals surface area contributed by atoms with Gasteiger partial charge in [0, 0.05) is 47.1 Å². The Balaban J connectivity index is 1.81. The van der Waals surface area contributed by atoms with Crippen LogP contribution in [0.3, 0.4) is 0 Å². The molecule has 0 spiro atoms. The zero-order valence-electron chi connectivity index (χ0n) is 16.9. The Labute approximate surface area is 182 Å². The number of hydrogen-bond acceptors (Lipinski definition) is 5. The highest BCUT2D eigenvalue weighted by atomic mass is 35.5. The third-order valence-electron chi connectivity index (χ3n) is 5.02. The second kappa shape index (κ2) is 7.52. The average molecular weight is 432 g/mol. The molecule has 154 valence electrons. The van der Waals surface area contributed by atoms with Crippen LogP contribution in [0.25, 0.3) is 38.6 Å². The zero-order chi connectivity index (χ0) is 21.5. The SMILES string of the molecule is CCOc1ncc2cn(-c3ccc4nn(C)cc4c3)c(=O)c(-c3ccc(Cl)cc3)c2n1. The normalized spacial score (nSPS) is 11.3. The van der Waals surface area contributed by atoms with Gasteiger partial charge >= 0.3 is 6.01 Å². The van der Waals surface area contributed by atoms with Crippen LogP contribution in [0.2, 0.25) is 5.02 Å². The van der Waals surface area contributed by atoms with Gasteiger partial charge in [-0.2, -0.15) is 10.1 Å². The van der Waals surface area contributed by atoms with Crippen molar-refractivity contribution in [2.45, 2.75) is 6.92 Å². The van der Waals surface area contributed by atoms with E-state index in [-0.39, 0.29) is 11.6 Å². The van der Waals surface area contributed by atoms with Crippen LogP contribution in [-0.4, -0.2) is 30.9 Å². The molecule has 3 heterocycles. The summed E-state index contributed by atoms with van der Waals surface area (Å²) >= 11 is 6.07. The number of rotatable bonds is 4. The Morgan fingerprint density at radius 3 is 2.65 bits per heavy atom. The molecular weight excluding hydrogens is 414 g/mol. The fourth-order valence-electron chi connectivity index (χ4n) is 3.64. The third kappa shape index (κ3) is 3.43. The minimum Gasteiger partial charge on any atom is -0.464 e. The molecule has 31 heavy (non-hydrogen) atoms. The second-order valence-electron chi connectivity index (χ2n) is 7.12. The van der Waals surface area contributed by atoms with Crippen LogP contribution in [0.4, 0.5) is 0 Å². The maximum atomic E-state index is 13.7. The van der Waals surface area contributed by atoms with Crippen LogP contribution < -0.4 is 10.3 Å². The van der Waals surface area contributed by atoms with E-state index >= 15 is 0 Å². The first-order valence-electron chi connectivity index (χ1n) is 9.78. The molecule has 5 aromatic rings. The van der Waals surface area contributed by atoms with Crippen molar-refractivity contribution in [2.75, 3.05) is 6.61 Å². The van der Waals surface area contributed by atoms with Gasteiger partial charge in [0.2, 0.25) is 0 Å². The fraction of sp³-hybridized carbons (Fsp3) is 0.130. The number of benzene rings is 2. The van der Waals surface area contributed by atoms with E-state index in [9.17, 15) is 4.79 Å². The van der Waals surface area contributed by atoms with Crippen LogP contribution in [-0.2, 0) is 7.05 Å². The van der Waals surface area contributed by atoms with Crippen molar-refractivity contribution in [3.8, 4) is 22.8 Å². The fourth-order valence-corrected chi connectivity index (χ4v) is 3.77. The molecule has 0 atom stereocenters. The maximum absolute atomic E-state index is 13.7. The van der Waals surface area contributed by atoms with Crippen molar-refractivity contribution in [2.24, 2.45) is 7.05 Å². The van der Waals surface area contributed by atoms with Crippen LogP contribution in [0.1, 0.15) is 6.92 Å². The Hall–Kier alpha value is -3.71. The topological polar surface area (TPSA) is 74.8 Å². The lowest BCUT2D eigenvalue weighted by Crippen LogP contribution is -2.20. The molecule has 0 aliphatic heterocycles. The van der Waals surface area contributed by atoms with Crippen molar-refractivity contribution in [3.05, 3.63) is 76.4 Å². The monoisotopic (exact) mass is 431 g/mol. The lowest BCUT2D eigenvalue weighted by molar-refractivity contribution is 0.314. The van der Waals surface area contributed by atoms with Gasteiger partial charge in [-0.05, 0) is 42.8 Å². The van der Waals surface area contributed by atoms with E-state index < -0.39 is 0 Å². The lowest BCUT2D eigenvalue weighted by atomic mass is 10.0. The van der Waals surface area contributed by atoms with E-state index in [1.54, 1.807) is 33.8 Å². The predicted octanol–water partition coefficient (Wildman–Crippen LogP) is 4.39. The molecule has 0 saturated carbocycles. The molecule has 0 amide bonds. The van der Waals surface area contributed by atoms with Crippen molar-refractivity contribution < 1.29 is 4.74 Å². The molecule has 0 bridgehead atoms. The lowest BCUT2D eigenvalue weighted by Gasteiger charge is -2.13. The van der Waals surface area contributed by atoms with E-state index in [2.05, 4.69) is 15.1 Å². The van der Waals surface area contributed by atoms with Gasteiger partial charge < -0.3 is 4.74 Å². The summed E-state index contributed by atoms with van der Waals surface area (Å²) in [6.45, 7) is 2.30. The highest BCUT2D eigenvalue weighted by molar-refractivity contribution is 6.30. The molecule has 0 N–H and O–H groups in total. The summed E-state index contributed by atoms with van der Waals surface area (Å²) in [5.74, 6) is 0. The Morgan fingerprint density at radius 1 is 1.06 bits per heavy atom. The first-order valence-corrected chi connectivity index (χ1v) is 10.2. The molecule has 0 saturated heterocycles. The molecule has 0 fully saturated rings. The van der Waals surface area contributed by atoms with Crippen LogP contribution >= 0.6 is 11.6 Å². The molecule has 0 radical (unpaired) electrons. The molecule has 5 rings (SSSR count). The smallest absolute Gasteiger partial charge is 0.316 e. The molecule has 0 aliphatic carbocycles. The first-order chi connectivity index (χ1) is 15.0. The summed E-state index contributed by atoms with van der Waals surface area (Å²) in [6, 6.07) is 13.1. The Morgan fingerprint density at radius 2 is 1.87 bits per heavy atom. The Kier molecular flexibility index (Phi) is 4.67. The van der Waals surface area contributed by atoms with Crippen LogP contribution in [0.15, 0.2) is 65.8 Å². The van der Waals surface area contributed by atoms with Gasteiger partial charge in [-0.15, -0.1) is 0 Å². The van der Waals surface area contributed by atoms with E-state index in [1.165, 1.54) is 0 Å². The average Bonchev–Trinajstić information content (AvgIpc) is 3.14. The van der Waals surface area contributed by atoms with Crippen molar-refractivity contribution in [1.82, 2.24) is 24.3 Å². The number of halogens is 1.